The molecule has 1 amide bonds. The molecule has 2 unspecified atom stereocenters. The molecule has 0 saturated carbocycles. The Labute approximate surface area is 217 Å². The first kappa shape index (κ1) is 25.0. The molecule has 0 saturated heterocycles. The SMILES string of the molecule is CC(C)(C)c1ccc2c(c1)N(S(=O)(=O)c1ccccc1)CC(C(=O)NCC1COc3ccccc3O1)O2. The van der Waals surface area contributed by atoms with Crippen LogP contribution in [0.2, 0.25) is 0 Å². The summed E-state index contributed by atoms with van der Waals surface area (Å²) in [6, 6.07) is 21.0. The van der Waals surface area contributed by atoms with Crippen LogP contribution in [0.15, 0.2) is 77.7 Å². The van der Waals surface area contributed by atoms with Gasteiger partial charge in [0.2, 0.25) is 0 Å². The zero-order valence-corrected chi connectivity index (χ0v) is 21.8. The van der Waals surface area contributed by atoms with E-state index in [9.17, 15) is 13.2 Å². The molecule has 8 nitrogen and oxygen atoms in total. The zero-order chi connectivity index (χ0) is 26.2. The minimum Gasteiger partial charge on any atom is -0.486 e. The number of carbonyl (C=O) groups excluding carboxylic acids is 1. The largest absolute Gasteiger partial charge is 0.486 e. The minimum atomic E-state index is -3.94. The lowest BCUT2D eigenvalue weighted by atomic mass is 9.86. The van der Waals surface area contributed by atoms with Crippen LogP contribution in [-0.2, 0) is 20.2 Å². The van der Waals surface area contributed by atoms with Crippen LogP contribution in [0.4, 0.5) is 5.69 Å². The van der Waals surface area contributed by atoms with Crippen molar-refractivity contribution < 1.29 is 27.4 Å². The summed E-state index contributed by atoms with van der Waals surface area (Å²) in [6.45, 7) is 6.49. The van der Waals surface area contributed by atoms with Gasteiger partial charge in [-0.2, -0.15) is 0 Å². The molecular weight excluding hydrogens is 492 g/mol. The van der Waals surface area contributed by atoms with E-state index in [0.717, 1.165) is 5.56 Å². The first-order valence-electron chi connectivity index (χ1n) is 12.2. The fourth-order valence-corrected chi connectivity index (χ4v) is 5.78. The van der Waals surface area contributed by atoms with Gasteiger partial charge in [0.05, 0.1) is 23.7 Å². The predicted octanol–water partition coefficient (Wildman–Crippen LogP) is 3.90. The van der Waals surface area contributed by atoms with Crippen molar-refractivity contribution >= 4 is 21.6 Å². The van der Waals surface area contributed by atoms with E-state index in [1.165, 1.54) is 4.31 Å². The van der Waals surface area contributed by atoms with Gasteiger partial charge in [0.25, 0.3) is 15.9 Å². The smallest absolute Gasteiger partial charge is 0.264 e. The van der Waals surface area contributed by atoms with Gasteiger partial charge in [-0.25, -0.2) is 8.42 Å². The van der Waals surface area contributed by atoms with Crippen LogP contribution in [-0.4, -0.2) is 46.2 Å². The molecule has 0 fully saturated rings. The first-order chi connectivity index (χ1) is 17.6. The molecule has 0 radical (unpaired) electrons. The molecule has 194 valence electrons. The fourth-order valence-electron chi connectivity index (χ4n) is 4.29. The van der Waals surface area contributed by atoms with Crippen LogP contribution in [0.3, 0.4) is 0 Å². The Kier molecular flexibility index (Phi) is 6.49. The van der Waals surface area contributed by atoms with E-state index in [4.69, 9.17) is 14.2 Å². The summed E-state index contributed by atoms with van der Waals surface area (Å²) in [6.07, 6.45) is -1.42. The third kappa shape index (κ3) is 5.09. The Morgan fingerprint density at radius 2 is 1.65 bits per heavy atom. The molecule has 0 spiro atoms. The highest BCUT2D eigenvalue weighted by Gasteiger charge is 2.38. The Morgan fingerprint density at radius 1 is 0.946 bits per heavy atom. The van der Waals surface area contributed by atoms with Gasteiger partial charge in [-0.1, -0.05) is 57.2 Å². The summed E-state index contributed by atoms with van der Waals surface area (Å²) in [4.78, 5) is 13.3. The summed E-state index contributed by atoms with van der Waals surface area (Å²) in [7, 11) is -3.94. The Morgan fingerprint density at radius 3 is 2.38 bits per heavy atom. The van der Waals surface area contributed by atoms with Gasteiger partial charge in [-0.15, -0.1) is 0 Å². The number of anilines is 1. The second kappa shape index (κ2) is 9.63. The van der Waals surface area contributed by atoms with Crippen molar-refractivity contribution in [1.82, 2.24) is 5.32 Å². The number of hydrogen-bond acceptors (Lipinski definition) is 6. The van der Waals surface area contributed by atoms with Crippen molar-refractivity contribution in [2.45, 2.75) is 43.3 Å². The molecule has 1 N–H and O–H groups in total. The lowest BCUT2D eigenvalue weighted by Crippen LogP contribution is -2.52. The third-order valence-electron chi connectivity index (χ3n) is 6.39. The second-order valence-corrected chi connectivity index (χ2v) is 12.0. The van der Waals surface area contributed by atoms with Gasteiger partial charge in [0.15, 0.2) is 17.6 Å². The Bertz CT molecular complexity index is 1400. The summed E-state index contributed by atoms with van der Waals surface area (Å²) >= 11 is 0. The second-order valence-electron chi connectivity index (χ2n) is 10.1. The van der Waals surface area contributed by atoms with Crippen LogP contribution >= 0.6 is 0 Å². The van der Waals surface area contributed by atoms with Gasteiger partial charge < -0.3 is 19.5 Å². The number of amides is 1. The number of carbonyl (C=O) groups is 1. The van der Waals surface area contributed by atoms with E-state index in [0.29, 0.717) is 22.9 Å². The van der Waals surface area contributed by atoms with Crippen LogP contribution in [0.1, 0.15) is 26.3 Å². The molecule has 2 aliphatic rings. The number of hydrogen-bond donors (Lipinski definition) is 1. The number of sulfonamides is 1. The topological polar surface area (TPSA) is 94.2 Å². The average molecular weight is 523 g/mol. The number of benzene rings is 3. The van der Waals surface area contributed by atoms with Crippen molar-refractivity contribution in [3.05, 3.63) is 78.4 Å². The normalized spacial score (nSPS) is 18.9. The average Bonchev–Trinajstić information content (AvgIpc) is 2.90. The zero-order valence-electron chi connectivity index (χ0n) is 21.0. The van der Waals surface area contributed by atoms with Crippen molar-refractivity contribution in [1.29, 1.82) is 0 Å². The van der Waals surface area contributed by atoms with Crippen molar-refractivity contribution in [2.75, 3.05) is 24.0 Å². The van der Waals surface area contributed by atoms with Crippen LogP contribution in [0, 0.1) is 0 Å². The van der Waals surface area contributed by atoms with E-state index < -0.39 is 22.0 Å². The quantitative estimate of drug-likeness (QED) is 0.546. The standard InChI is InChI=1S/C28H30N2O6S/c1-28(2,3)19-13-14-23-22(15-19)30(37(32,33)21-9-5-4-6-10-21)17-26(36-23)27(31)29-16-20-18-34-24-11-7-8-12-25(24)35-20/h4-15,20,26H,16-18H2,1-3H3,(H,29,31). The molecule has 2 aliphatic heterocycles. The maximum Gasteiger partial charge on any atom is 0.264 e. The molecule has 0 bridgehead atoms. The van der Waals surface area contributed by atoms with Gasteiger partial charge in [0, 0.05) is 0 Å². The molecule has 3 aromatic carbocycles. The maximum atomic E-state index is 13.7. The van der Waals surface area contributed by atoms with E-state index in [-0.39, 0.29) is 36.1 Å². The molecule has 0 aromatic heterocycles. The molecule has 9 heteroatoms. The first-order valence-corrected chi connectivity index (χ1v) is 13.6. The molecule has 3 aromatic rings. The third-order valence-corrected chi connectivity index (χ3v) is 8.18. The van der Waals surface area contributed by atoms with Gasteiger partial charge in [-0.3, -0.25) is 9.10 Å². The lowest BCUT2D eigenvalue weighted by Gasteiger charge is -2.36. The molecule has 2 atom stereocenters. The molecule has 37 heavy (non-hydrogen) atoms. The number of nitrogens with one attached hydrogen (secondary N) is 1. The molecule has 0 aliphatic carbocycles. The minimum absolute atomic E-state index is 0.148. The van der Waals surface area contributed by atoms with E-state index in [2.05, 4.69) is 26.1 Å². The fraction of sp³-hybridized carbons (Fsp3) is 0.321. The summed E-state index contributed by atoms with van der Waals surface area (Å²) < 4.78 is 46.3. The number of fused-ring (bicyclic) bond motifs is 2. The summed E-state index contributed by atoms with van der Waals surface area (Å²) in [5, 5.41) is 2.84. The molecule has 5 rings (SSSR count). The van der Waals surface area contributed by atoms with Crippen molar-refractivity contribution in [3.8, 4) is 17.2 Å². The Balaban J connectivity index is 1.38. The highest BCUT2D eigenvalue weighted by atomic mass is 32.2. The van der Waals surface area contributed by atoms with Crippen LogP contribution < -0.4 is 23.8 Å². The van der Waals surface area contributed by atoms with Gasteiger partial charge in [0.1, 0.15) is 18.5 Å². The van der Waals surface area contributed by atoms with Gasteiger partial charge in [-0.05, 0) is 47.4 Å². The van der Waals surface area contributed by atoms with Gasteiger partial charge >= 0.3 is 0 Å². The van der Waals surface area contributed by atoms with E-state index >= 15 is 0 Å². The molecular formula is C28H30N2O6S. The number of nitrogens with zero attached hydrogens (tertiary/aromatic N) is 1. The highest BCUT2D eigenvalue weighted by molar-refractivity contribution is 7.92. The Hall–Kier alpha value is -3.72. The van der Waals surface area contributed by atoms with Crippen molar-refractivity contribution in [2.24, 2.45) is 0 Å². The van der Waals surface area contributed by atoms with E-state index in [1.807, 2.05) is 36.4 Å². The predicted molar refractivity (Wildman–Crippen MR) is 140 cm³/mol. The van der Waals surface area contributed by atoms with Crippen LogP contribution in [0.5, 0.6) is 17.2 Å². The maximum absolute atomic E-state index is 13.7. The monoisotopic (exact) mass is 522 g/mol. The lowest BCUT2D eigenvalue weighted by molar-refractivity contribution is -0.128. The summed E-state index contributed by atoms with van der Waals surface area (Å²) in [5.74, 6) is 1.19. The highest BCUT2D eigenvalue weighted by Crippen LogP contribution is 2.40. The number of ether oxygens (including phenoxy) is 3. The van der Waals surface area contributed by atoms with E-state index in [1.54, 1.807) is 36.4 Å². The number of para-hydroxylation sites is 2. The summed E-state index contributed by atoms with van der Waals surface area (Å²) in [5.41, 5.74) is 1.17. The number of rotatable bonds is 5. The molecule has 2 heterocycles. The van der Waals surface area contributed by atoms with Crippen molar-refractivity contribution in [3.63, 3.8) is 0 Å². The van der Waals surface area contributed by atoms with Crippen LogP contribution in [0.25, 0.3) is 0 Å².